The molecule has 7 atom stereocenters. The summed E-state index contributed by atoms with van der Waals surface area (Å²) in [5.74, 6) is -0.446. The summed E-state index contributed by atoms with van der Waals surface area (Å²) in [5.41, 5.74) is 1.40. The van der Waals surface area contributed by atoms with E-state index in [1.165, 1.54) is 12.4 Å². The fraction of sp³-hybridized carbons (Fsp3) is 0.571. The molecule has 0 aliphatic heterocycles. The molecular weight excluding hydrogens is 440 g/mol. The van der Waals surface area contributed by atoms with Gasteiger partial charge in [-0.25, -0.2) is 4.98 Å². The van der Waals surface area contributed by atoms with Crippen molar-refractivity contribution in [2.24, 2.45) is 29.1 Å². The van der Waals surface area contributed by atoms with E-state index in [4.69, 9.17) is 0 Å². The van der Waals surface area contributed by atoms with Crippen molar-refractivity contribution in [3.05, 3.63) is 60.2 Å². The van der Waals surface area contributed by atoms with E-state index in [1.54, 1.807) is 11.1 Å². The van der Waals surface area contributed by atoms with Crippen LogP contribution in [0.4, 0.5) is 0 Å². The Kier molecular flexibility index (Phi) is 7.55. The third-order valence-corrected chi connectivity index (χ3v) is 8.67. The molecular formula is C28H38N4O3. The Balaban J connectivity index is 1.45. The zero-order valence-electron chi connectivity index (χ0n) is 21.2. The van der Waals surface area contributed by atoms with E-state index in [2.05, 4.69) is 29.1 Å². The number of carbonyl (C=O) groups is 2. The number of carbonyl (C=O) groups excluding carboxylic acids is 2. The van der Waals surface area contributed by atoms with Crippen LogP contribution in [0.5, 0.6) is 0 Å². The highest BCUT2D eigenvalue weighted by molar-refractivity contribution is 5.92. The first kappa shape index (κ1) is 25.3. The van der Waals surface area contributed by atoms with Gasteiger partial charge in [0.2, 0.25) is 5.91 Å². The fourth-order valence-electron chi connectivity index (χ4n) is 6.62. The number of aromatic nitrogens is 2. The van der Waals surface area contributed by atoms with Crippen LogP contribution >= 0.6 is 0 Å². The molecule has 2 saturated carbocycles. The molecule has 2 aromatic rings. The Bertz CT molecular complexity index is 1020. The van der Waals surface area contributed by atoms with Gasteiger partial charge in [-0.2, -0.15) is 0 Å². The molecule has 0 spiro atoms. The van der Waals surface area contributed by atoms with Gasteiger partial charge in [0.25, 0.3) is 5.91 Å². The van der Waals surface area contributed by atoms with E-state index in [1.807, 2.05) is 44.3 Å². The zero-order chi connectivity index (χ0) is 25.2. The molecule has 7 heteroatoms. The van der Waals surface area contributed by atoms with E-state index in [-0.39, 0.29) is 46.9 Å². The average Bonchev–Trinajstić information content (AvgIpc) is 2.86. The lowest BCUT2D eigenvalue weighted by molar-refractivity contribution is -0.149. The lowest BCUT2D eigenvalue weighted by atomic mass is 9.51. The van der Waals surface area contributed by atoms with E-state index in [9.17, 15) is 14.7 Å². The largest absolute Gasteiger partial charge is 0.392 e. The molecule has 1 heterocycles. The van der Waals surface area contributed by atoms with Crippen LogP contribution in [0.1, 0.15) is 62.5 Å². The maximum absolute atomic E-state index is 13.3. The van der Waals surface area contributed by atoms with Crippen LogP contribution in [-0.2, 0) is 11.3 Å². The number of aliphatic hydroxyl groups is 1. The predicted molar refractivity (Wildman–Crippen MR) is 134 cm³/mol. The molecule has 0 radical (unpaired) electrons. The van der Waals surface area contributed by atoms with Crippen LogP contribution in [0.3, 0.4) is 0 Å². The summed E-state index contributed by atoms with van der Waals surface area (Å²) in [7, 11) is 1.84. The second kappa shape index (κ2) is 10.4. The fourth-order valence-corrected chi connectivity index (χ4v) is 6.62. The van der Waals surface area contributed by atoms with Crippen molar-refractivity contribution in [2.45, 2.75) is 65.1 Å². The molecule has 4 rings (SSSR count). The van der Waals surface area contributed by atoms with Gasteiger partial charge in [-0.05, 0) is 54.4 Å². The highest BCUT2D eigenvalue weighted by Gasteiger charge is 2.54. The van der Waals surface area contributed by atoms with Crippen LogP contribution < -0.4 is 5.32 Å². The number of fused-ring (bicyclic) bond motifs is 1. The van der Waals surface area contributed by atoms with Gasteiger partial charge in [-0.15, -0.1) is 0 Å². The first-order chi connectivity index (χ1) is 16.7. The minimum atomic E-state index is -0.593. The Morgan fingerprint density at radius 3 is 2.60 bits per heavy atom. The number of nitrogens with zero attached hydrogens (tertiary/aromatic N) is 3. The highest BCUT2D eigenvalue weighted by Crippen LogP contribution is 2.55. The van der Waals surface area contributed by atoms with Gasteiger partial charge in [0.15, 0.2) is 0 Å². The Labute approximate surface area is 208 Å². The maximum atomic E-state index is 13.3. The van der Waals surface area contributed by atoms with E-state index >= 15 is 0 Å². The van der Waals surface area contributed by atoms with Crippen molar-refractivity contribution < 1.29 is 14.7 Å². The summed E-state index contributed by atoms with van der Waals surface area (Å²) >= 11 is 0. The topological polar surface area (TPSA) is 95.4 Å². The standard InChI is InChI=1S/C28H38N4O3/c1-18(27(35)32(4)17-20-8-6-5-7-9-20)21-10-12-28(3)13-11-22(19(2)24(28)25(21)33)31-26(34)23-16-29-14-15-30-23/h5-9,14-16,18-19,21-22,24-25,33H,10-13,17H2,1-4H3,(H,31,34). The van der Waals surface area contributed by atoms with Crippen molar-refractivity contribution in [1.82, 2.24) is 20.2 Å². The summed E-state index contributed by atoms with van der Waals surface area (Å²) in [6, 6.07) is 9.92. The number of benzene rings is 1. The van der Waals surface area contributed by atoms with Crippen LogP contribution in [0, 0.1) is 29.1 Å². The van der Waals surface area contributed by atoms with Crippen LogP contribution in [0.2, 0.25) is 0 Å². The molecule has 188 valence electrons. The number of aliphatic hydroxyl groups excluding tert-OH is 1. The van der Waals surface area contributed by atoms with Crippen molar-refractivity contribution in [3.63, 3.8) is 0 Å². The molecule has 7 nitrogen and oxygen atoms in total. The Hall–Kier alpha value is -2.80. The van der Waals surface area contributed by atoms with Crippen LogP contribution in [0.15, 0.2) is 48.9 Å². The van der Waals surface area contributed by atoms with E-state index in [0.717, 1.165) is 31.2 Å². The smallest absolute Gasteiger partial charge is 0.271 e. The lowest BCUT2D eigenvalue weighted by Crippen LogP contribution is -2.58. The number of hydrogen-bond donors (Lipinski definition) is 2. The number of hydrogen-bond acceptors (Lipinski definition) is 5. The SMILES string of the molecule is CC(C(=O)N(C)Cc1ccccc1)C1CCC2(C)CCC(NC(=O)c3cnccn3)C(C)C2C1O. The number of nitrogens with one attached hydrogen (secondary N) is 1. The van der Waals surface area contributed by atoms with Gasteiger partial charge in [-0.1, -0.05) is 51.1 Å². The molecule has 2 aliphatic carbocycles. The predicted octanol–water partition coefficient (Wildman–Crippen LogP) is 3.69. The van der Waals surface area contributed by atoms with Gasteiger partial charge in [0.05, 0.1) is 12.3 Å². The van der Waals surface area contributed by atoms with Crippen LogP contribution in [0.25, 0.3) is 0 Å². The second-order valence-corrected chi connectivity index (χ2v) is 10.9. The summed E-state index contributed by atoms with van der Waals surface area (Å²) in [4.78, 5) is 35.9. The molecule has 2 fully saturated rings. The van der Waals surface area contributed by atoms with Gasteiger partial charge in [0.1, 0.15) is 5.69 Å². The van der Waals surface area contributed by atoms with Crippen LogP contribution in [-0.4, -0.2) is 51.0 Å². The molecule has 35 heavy (non-hydrogen) atoms. The molecule has 1 aromatic heterocycles. The maximum Gasteiger partial charge on any atom is 0.271 e. The first-order valence-corrected chi connectivity index (χ1v) is 12.7. The van der Waals surface area contributed by atoms with Crippen molar-refractivity contribution >= 4 is 11.8 Å². The molecule has 1 aromatic carbocycles. The first-order valence-electron chi connectivity index (χ1n) is 12.7. The van der Waals surface area contributed by atoms with Crippen molar-refractivity contribution in [1.29, 1.82) is 0 Å². The minimum absolute atomic E-state index is 0.00181. The molecule has 7 unspecified atom stereocenters. The number of amides is 2. The molecule has 2 amide bonds. The number of rotatable bonds is 6. The summed E-state index contributed by atoms with van der Waals surface area (Å²) in [6.45, 7) is 6.91. The summed E-state index contributed by atoms with van der Waals surface area (Å²) in [5, 5.41) is 14.8. The van der Waals surface area contributed by atoms with Gasteiger partial charge in [0, 0.05) is 37.9 Å². The summed E-state index contributed by atoms with van der Waals surface area (Å²) < 4.78 is 0. The van der Waals surface area contributed by atoms with E-state index < -0.39 is 6.10 Å². The second-order valence-electron chi connectivity index (χ2n) is 10.9. The van der Waals surface area contributed by atoms with Gasteiger partial charge in [-0.3, -0.25) is 14.6 Å². The van der Waals surface area contributed by atoms with E-state index in [0.29, 0.717) is 12.2 Å². The quantitative estimate of drug-likeness (QED) is 0.660. The molecule has 0 bridgehead atoms. The molecule has 2 N–H and O–H groups in total. The molecule has 0 saturated heterocycles. The molecule has 2 aliphatic rings. The lowest BCUT2D eigenvalue weighted by Gasteiger charge is -2.56. The highest BCUT2D eigenvalue weighted by atomic mass is 16.3. The zero-order valence-corrected chi connectivity index (χ0v) is 21.2. The third-order valence-electron chi connectivity index (χ3n) is 8.67. The monoisotopic (exact) mass is 478 g/mol. The summed E-state index contributed by atoms with van der Waals surface area (Å²) in [6.07, 6.45) is 7.56. The third kappa shape index (κ3) is 5.25. The minimum Gasteiger partial charge on any atom is -0.392 e. The average molecular weight is 479 g/mol. The van der Waals surface area contributed by atoms with Gasteiger partial charge >= 0.3 is 0 Å². The van der Waals surface area contributed by atoms with Crippen molar-refractivity contribution in [3.8, 4) is 0 Å². The van der Waals surface area contributed by atoms with Crippen molar-refractivity contribution in [2.75, 3.05) is 7.05 Å². The Morgan fingerprint density at radius 2 is 1.91 bits per heavy atom. The normalized spacial score (nSPS) is 31.2. The van der Waals surface area contributed by atoms with Gasteiger partial charge < -0.3 is 15.3 Å². The Morgan fingerprint density at radius 1 is 1.20 bits per heavy atom.